The standard InChI is InChI=1S/C20H21ClN4O4S/c1-24(13-18-22-20(23-29-18)15-8-4-3-5-9-15)19(26)14-25(30(2,27)28)12-16-10-6-7-11-17(16)21/h3-11H,12-14H2,1-2H3. The van der Waals surface area contributed by atoms with Crippen molar-refractivity contribution in [3.8, 4) is 11.4 Å². The van der Waals surface area contributed by atoms with Crippen molar-refractivity contribution >= 4 is 27.5 Å². The molecule has 0 N–H and O–H groups in total. The van der Waals surface area contributed by atoms with E-state index in [9.17, 15) is 13.2 Å². The van der Waals surface area contributed by atoms with E-state index in [1.54, 1.807) is 31.3 Å². The number of hydrogen-bond donors (Lipinski definition) is 0. The molecular formula is C20H21ClN4O4S. The molecule has 0 atom stereocenters. The zero-order valence-electron chi connectivity index (χ0n) is 16.5. The molecule has 0 saturated heterocycles. The Labute approximate surface area is 180 Å². The number of carbonyl (C=O) groups excluding carboxylic acids is 1. The minimum atomic E-state index is -3.64. The molecule has 0 radical (unpaired) electrons. The maximum absolute atomic E-state index is 12.7. The van der Waals surface area contributed by atoms with Gasteiger partial charge < -0.3 is 9.42 Å². The summed E-state index contributed by atoms with van der Waals surface area (Å²) in [6, 6.07) is 16.2. The fraction of sp³-hybridized carbons (Fsp3) is 0.250. The molecule has 0 spiro atoms. The minimum absolute atomic E-state index is 0.00318. The predicted molar refractivity (Wildman–Crippen MR) is 113 cm³/mol. The summed E-state index contributed by atoms with van der Waals surface area (Å²) in [5.74, 6) is 0.261. The van der Waals surface area contributed by atoms with E-state index >= 15 is 0 Å². The quantitative estimate of drug-likeness (QED) is 0.525. The third kappa shape index (κ3) is 5.65. The van der Waals surface area contributed by atoms with Gasteiger partial charge in [-0.25, -0.2) is 8.42 Å². The Bertz CT molecular complexity index is 1120. The predicted octanol–water partition coefficient (Wildman–Crippen LogP) is 2.81. The second-order valence-corrected chi connectivity index (χ2v) is 9.14. The van der Waals surface area contributed by atoms with Gasteiger partial charge in [0.2, 0.25) is 27.6 Å². The van der Waals surface area contributed by atoms with Gasteiger partial charge in [0.1, 0.15) is 0 Å². The molecule has 1 heterocycles. The lowest BCUT2D eigenvalue weighted by atomic mass is 10.2. The monoisotopic (exact) mass is 448 g/mol. The minimum Gasteiger partial charge on any atom is -0.337 e. The Morgan fingerprint density at radius 2 is 1.73 bits per heavy atom. The van der Waals surface area contributed by atoms with Gasteiger partial charge in [-0.15, -0.1) is 0 Å². The molecule has 2 aromatic carbocycles. The maximum atomic E-state index is 12.7. The van der Waals surface area contributed by atoms with Crippen molar-refractivity contribution in [1.29, 1.82) is 0 Å². The molecule has 0 aliphatic rings. The van der Waals surface area contributed by atoms with Gasteiger partial charge in [-0.2, -0.15) is 9.29 Å². The molecule has 1 aromatic heterocycles. The number of halogens is 1. The van der Waals surface area contributed by atoms with Gasteiger partial charge in [0.15, 0.2) is 0 Å². The summed E-state index contributed by atoms with van der Waals surface area (Å²) in [6.45, 7) is -0.278. The molecule has 0 aliphatic carbocycles. The first-order valence-electron chi connectivity index (χ1n) is 9.04. The van der Waals surface area contributed by atoms with Crippen LogP contribution in [-0.4, -0.2) is 53.5 Å². The smallest absolute Gasteiger partial charge is 0.246 e. The highest BCUT2D eigenvalue weighted by Gasteiger charge is 2.24. The molecule has 8 nitrogen and oxygen atoms in total. The fourth-order valence-electron chi connectivity index (χ4n) is 2.69. The third-order valence-corrected chi connectivity index (χ3v) is 5.95. The van der Waals surface area contributed by atoms with E-state index in [-0.39, 0.29) is 25.5 Å². The van der Waals surface area contributed by atoms with E-state index in [2.05, 4.69) is 10.1 Å². The highest BCUT2D eigenvalue weighted by atomic mass is 35.5. The van der Waals surface area contributed by atoms with Gasteiger partial charge in [-0.3, -0.25) is 4.79 Å². The van der Waals surface area contributed by atoms with E-state index in [0.29, 0.717) is 16.4 Å². The van der Waals surface area contributed by atoms with E-state index in [4.69, 9.17) is 16.1 Å². The maximum Gasteiger partial charge on any atom is 0.246 e. The first-order valence-corrected chi connectivity index (χ1v) is 11.3. The van der Waals surface area contributed by atoms with Crippen LogP contribution in [0.25, 0.3) is 11.4 Å². The van der Waals surface area contributed by atoms with Crippen LogP contribution in [0.15, 0.2) is 59.1 Å². The van der Waals surface area contributed by atoms with Gasteiger partial charge in [-0.05, 0) is 11.6 Å². The summed E-state index contributed by atoms with van der Waals surface area (Å²) in [6.07, 6.45) is 1.06. The van der Waals surface area contributed by atoms with Crippen LogP contribution in [0, 0.1) is 0 Å². The van der Waals surface area contributed by atoms with Crippen LogP contribution >= 0.6 is 11.6 Å². The second-order valence-electron chi connectivity index (χ2n) is 6.75. The molecule has 3 aromatic rings. The van der Waals surface area contributed by atoms with E-state index in [0.717, 1.165) is 16.1 Å². The molecule has 0 aliphatic heterocycles. The molecular weight excluding hydrogens is 428 g/mol. The van der Waals surface area contributed by atoms with Crippen LogP contribution in [-0.2, 0) is 27.9 Å². The highest BCUT2D eigenvalue weighted by molar-refractivity contribution is 7.88. The zero-order valence-corrected chi connectivity index (χ0v) is 18.1. The van der Waals surface area contributed by atoms with Crippen LogP contribution in [0.3, 0.4) is 0 Å². The molecule has 0 bridgehead atoms. The average Bonchev–Trinajstić information content (AvgIpc) is 3.17. The summed E-state index contributed by atoms with van der Waals surface area (Å²) in [5.41, 5.74) is 1.41. The SMILES string of the molecule is CN(Cc1nc(-c2ccccc2)no1)C(=O)CN(Cc1ccccc1Cl)S(C)(=O)=O. The van der Waals surface area contributed by atoms with Crippen LogP contribution in [0.2, 0.25) is 5.02 Å². The van der Waals surface area contributed by atoms with Crippen molar-refractivity contribution in [1.82, 2.24) is 19.3 Å². The molecule has 10 heteroatoms. The number of rotatable bonds is 8. The van der Waals surface area contributed by atoms with Crippen LogP contribution in [0.5, 0.6) is 0 Å². The van der Waals surface area contributed by atoms with Crippen molar-refractivity contribution in [3.63, 3.8) is 0 Å². The van der Waals surface area contributed by atoms with Crippen molar-refractivity contribution in [2.75, 3.05) is 19.8 Å². The Hall–Kier alpha value is -2.75. The molecule has 0 fully saturated rings. The topological polar surface area (TPSA) is 96.6 Å². The summed E-state index contributed by atoms with van der Waals surface area (Å²) in [5, 5.41) is 4.36. The number of carbonyl (C=O) groups is 1. The summed E-state index contributed by atoms with van der Waals surface area (Å²) in [4.78, 5) is 18.3. The van der Waals surface area contributed by atoms with E-state index in [1.807, 2.05) is 30.3 Å². The van der Waals surface area contributed by atoms with Crippen molar-refractivity contribution in [2.45, 2.75) is 13.1 Å². The summed E-state index contributed by atoms with van der Waals surface area (Å²) < 4.78 is 30.7. The lowest BCUT2D eigenvalue weighted by Crippen LogP contribution is -2.40. The van der Waals surface area contributed by atoms with E-state index < -0.39 is 15.9 Å². The number of hydrogen-bond acceptors (Lipinski definition) is 6. The van der Waals surface area contributed by atoms with Gasteiger partial charge in [-0.1, -0.05) is 65.3 Å². The molecule has 158 valence electrons. The Morgan fingerprint density at radius 3 is 2.40 bits per heavy atom. The van der Waals surface area contributed by atoms with Crippen LogP contribution in [0.1, 0.15) is 11.5 Å². The normalized spacial score (nSPS) is 11.6. The number of amides is 1. The first kappa shape index (κ1) is 21.9. The van der Waals surface area contributed by atoms with Gasteiger partial charge >= 0.3 is 0 Å². The van der Waals surface area contributed by atoms with Crippen LogP contribution in [0.4, 0.5) is 0 Å². The number of aromatic nitrogens is 2. The number of sulfonamides is 1. The number of nitrogens with zero attached hydrogens (tertiary/aromatic N) is 4. The fourth-order valence-corrected chi connectivity index (χ4v) is 3.61. The highest BCUT2D eigenvalue weighted by Crippen LogP contribution is 2.19. The number of benzene rings is 2. The third-order valence-electron chi connectivity index (χ3n) is 4.38. The average molecular weight is 449 g/mol. The lowest BCUT2D eigenvalue weighted by Gasteiger charge is -2.23. The number of likely N-dealkylation sites (N-methyl/N-ethyl adjacent to an activating group) is 1. The van der Waals surface area contributed by atoms with Crippen molar-refractivity contribution in [2.24, 2.45) is 0 Å². The molecule has 30 heavy (non-hydrogen) atoms. The van der Waals surface area contributed by atoms with Crippen molar-refractivity contribution < 1.29 is 17.7 Å². The molecule has 3 rings (SSSR count). The van der Waals surface area contributed by atoms with Gasteiger partial charge in [0, 0.05) is 24.2 Å². The first-order chi connectivity index (χ1) is 14.2. The van der Waals surface area contributed by atoms with Gasteiger partial charge in [0.25, 0.3) is 0 Å². The zero-order chi connectivity index (χ0) is 21.7. The molecule has 1 amide bonds. The van der Waals surface area contributed by atoms with Gasteiger partial charge in [0.05, 0.1) is 19.3 Å². The Morgan fingerprint density at radius 1 is 1.07 bits per heavy atom. The van der Waals surface area contributed by atoms with E-state index in [1.165, 1.54) is 4.90 Å². The van der Waals surface area contributed by atoms with Crippen LogP contribution < -0.4 is 0 Å². The molecule has 0 saturated carbocycles. The second kappa shape index (κ2) is 9.38. The summed E-state index contributed by atoms with van der Waals surface area (Å²) >= 11 is 6.13. The summed E-state index contributed by atoms with van der Waals surface area (Å²) in [7, 11) is -2.09. The van der Waals surface area contributed by atoms with Crippen molar-refractivity contribution in [3.05, 3.63) is 71.1 Å². The largest absolute Gasteiger partial charge is 0.337 e. The Balaban J connectivity index is 1.67. The molecule has 0 unspecified atom stereocenters. The lowest BCUT2D eigenvalue weighted by molar-refractivity contribution is -0.131. The Kier molecular flexibility index (Phi) is 6.86.